The first-order valence-corrected chi connectivity index (χ1v) is 6.30. The standard InChI is InChI=1S/C11H20N2O3.C2H5.W/c1-11(2,3)16-10(15)13-8-6-4-5-7-12-9(8)14;1-2;/h8H,4-7H2,1-3H3,(H2,12,13,14,15);1H2,2H3;/q;-1;+2/p-1/t8-;;/m0../s1. The summed E-state index contributed by atoms with van der Waals surface area (Å²) in [6.45, 7) is 10.9. The molecule has 1 aliphatic rings. The summed E-state index contributed by atoms with van der Waals surface area (Å²) >= 11 is 0. The minimum absolute atomic E-state index is 0. The van der Waals surface area contributed by atoms with Crippen LogP contribution in [0.1, 0.15) is 47.0 Å². The number of hydrogen-bond donors (Lipinski definition) is 1. The average Bonchev–Trinajstić information content (AvgIpc) is 2.45. The molecule has 0 unspecified atom stereocenters. The molecule has 1 saturated heterocycles. The summed E-state index contributed by atoms with van der Waals surface area (Å²) in [5, 5.41) is 6.41. The van der Waals surface area contributed by atoms with E-state index in [1.54, 1.807) is 27.7 Å². The number of ether oxygens (including phenoxy) is 1. The van der Waals surface area contributed by atoms with Crippen LogP contribution >= 0.6 is 0 Å². The van der Waals surface area contributed by atoms with Crippen molar-refractivity contribution in [3.05, 3.63) is 12.2 Å². The fourth-order valence-corrected chi connectivity index (χ4v) is 1.47. The van der Waals surface area contributed by atoms with Gasteiger partial charge in [0.25, 0.3) is 0 Å². The molecule has 1 fully saturated rings. The predicted octanol–water partition coefficient (Wildman–Crippen LogP) is 2.80. The molecule has 0 saturated carbocycles. The second-order valence-corrected chi connectivity index (χ2v) is 4.91. The van der Waals surface area contributed by atoms with Crippen molar-refractivity contribution in [1.29, 1.82) is 0 Å². The third-order valence-electron chi connectivity index (χ3n) is 2.16. The molecule has 0 aromatic carbocycles. The van der Waals surface area contributed by atoms with E-state index >= 15 is 0 Å². The van der Waals surface area contributed by atoms with E-state index in [2.05, 4.69) is 17.6 Å². The maximum Gasteiger partial charge on any atom is 2.00 e. The molecule has 1 N–H and O–H groups in total. The van der Waals surface area contributed by atoms with Gasteiger partial charge in [-0.2, -0.15) is 6.92 Å². The van der Waals surface area contributed by atoms with Crippen LogP contribution in [0.3, 0.4) is 0 Å². The van der Waals surface area contributed by atoms with Crippen molar-refractivity contribution in [3.8, 4) is 0 Å². The summed E-state index contributed by atoms with van der Waals surface area (Å²) in [5.74, 6) is -0.247. The number of nitrogens with zero attached hydrogens (tertiary/aromatic N) is 1. The van der Waals surface area contributed by atoms with E-state index < -0.39 is 17.7 Å². The van der Waals surface area contributed by atoms with Gasteiger partial charge in [-0.1, -0.05) is 12.8 Å². The third-order valence-corrected chi connectivity index (χ3v) is 2.16. The van der Waals surface area contributed by atoms with E-state index in [1.807, 2.05) is 0 Å². The Morgan fingerprint density at radius 2 is 1.95 bits per heavy atom. The van der Waals surface area contributed by atoms with Crippen molar-refractivity contribution in [3.63, 3.8) is 0 Å². The van der Waals surface area contributed by atoms with Crippen LogP contribution in [0.25, 0.3) is 5.32 Å². The Kier molecular flexibility index (Phi) is 11.2. The molecule has 1 aliphatic heterocycles. The summed E-state index contributed by atoms with van der Waals surface area (Å²) < 4.78 is 5.09. The summed E-state index contributed by atoms with van der Waals surface area (Å²) in [4.78, 5) is 22.9. The molecule has 1 rings (SSSR count). The van der Waals surface area contributed by atoms with Crippen LogP contribution in [0.5, 0.6) is 0 Å². The van der Waals surface area contributed by atoms with Gasteiger partial charge in [-0.25, -0.2) is 4.79 Å². The summed E-state index contributed by atoms with van der Waals surface area (Å²) in [6, 6.07) is -0.516. The molecule has 0 aromatic heterocycles. The molecule has 0 spiro atoms. The normalized spacial score (nSPS) is 18.8. The van der Waals surface area contributed by atoms with Gasteiger partial charge >= 0.3 is 27.2 Å². The largest absolute Gasteiger partial charge is 2.00 e. The van der Waals surface area contributed by atoms with Gasteiger partial charge in [-0.05, 0) is 27.2 Å². The van der Waals surface area contributed by atoms with E-state index in [0.717, 1.165) is 12.8 Å². The fraction of sp³-hybridized carbons (Fsp3) is 0.769. The molecular formula is C13H24N2O3W. The third kappa shape index (κ3) is 9.94. The molecule has 0 bridgehead atoms. The van der Waals surface area contributed by atoms with Crippen molar-refractivity contribution in [2.75, 3.05) is 6.54 Å². The smallest absolute Gasteiger partial charge is 0.652 e. The van der Waals surface area contributed by atoms with Crippen LogP contribution in [-0.2, 0) is 30.6 Å². The van der Waals surface area contributed by atoms with E-state index in [9.17, 15) is 9.59 Å². The summed E-state index contributed by atoms with van der Waals surface area (Å²) in [6.07, 6.45) is 1.89. The van der Waals surface area contributed by atoms with Gasteiger partial charge in [0.05, 0.1) is 11.9 Å². The van der Waals surface area contributed by atoms with Crippen molar-refractivity contribution < 1.29 is 35.4 Å². The Labute approximate surface area is 130 Å². The van der Waals surface area contributed by atoms with Gasteiger partial charge in [0.1, 0.15) is 5.60 Å². The zero-order valence-electron chi connectivity index (χ0n) is 12.2. The zero-order valence-corrected chi connectivity index (χ0v) is 15.1. The maximum atomic E-state index is 11.5. The number of carbonyl (C=O) groups is 2. The molecule has 110 valence electrons. The molecule has 0 aromatic rings. The van der Waals surface area contributed by atoms with Crippen LogP contribution in [0.15, 0.2) is 0 Å². The van der Waals surface area contributed by atoms with Gasteiger partial charge < -0.3 is 27.1 Å². The summed E-state index contributed by atoms with van der Waals surface area (Å²) in [7, 11) is 0. The minimum atomic E-state index is -0.553. The quantitative estimate of drug-likeness (QED) is 0.638. The van der Waals surface area contributed by atoms with E-state index in [1.165, 1.54) is 0 Å². The molecule has 1 atom stereocenters. The van der Waals surface area contributed by atoms with Crippen molar-refractivity contribution >= 4 is 12.0 Å². The summed E-state index contributed by atoms with van der Waals surface area (Å²) in [5.41, 5.74) is -0.547. The van der Waals surface area contributed by atoms with Crippen LogP contribution in [0.4, 0.5) is 4.79 Å². The van der Waals surface area contributed by atoms with E-state index in [4.69, 9.17) is 4.74 Å². The predicted molar refractivity (Wildman–Crippen MR) is 71.3 cm³/mol. The number of nitrogens with one attached hydrogen (secondary N) is 1. The van der Waals surface area contributed by atoms with E-state index in [0.29, 0.717) is 13.0 Å². The van der Waals surface area contributed by atoms with E-state index in [-0.39, 0.29) is 27.0 Å². The molecule has 0 radical (unpaired) electrons. The van der Waals surface area contributed by atoms with Gasteiger partial charge in [0, 0.05) is 0 Å². The van der Waals surface area contributed by atoms with Gasteiger partial charge in [-0.15, -0.1) is 6.54 Å². The number of hydrogen-bond acceptors (Lipinski definition) is 3. The van der Waals surface area contributed by atoms with Crippen LogP contribution in [-0.4, -0.2) is 30.2 Å². The van der Waals surface area contributed by atoms with Gasteiger partial charge in [0.2, 0.25) is 0 Å². The molecular weight excluding hydrogens is 416 g/mol. The zero-order chi connectivity index (χ0) is 14.2. The molecule has 1 heterocycles. The van der Waals surface area contributed by atoms with Gasteiger partial charge in [-0.3, -0.25) is 0 Å². The van der Waals surface area contributed by atoms with Crippen molar-refractivity contribution in [2.24, 2.45) is 0 Å². The number of rotatable bonds is 1. The molecule has 6 heteroatoms. The topological polar surface area (TPSA) is 69.5 Å². The molecule has 5 nitrogen and oxygen atoms in total. The average molecular weight is 440 g/mol. The monoisotopic (exact) mass is 440 g/mol. The first kappa shape index (κ1) is 20.7. The number of carbonyl (C=O) groups excluding carboxylic acids is 2. The number of amides is 2. The van der Waals surface area contributed by atoms with Crippen LogP contribution in [0, 0.1) is 6.92 Å². The van der Waals surface area contributed by atoms with Gasteiger partial charge in [0.15, 0.2) is 0 Å². The van der Waals surface area contributed by atoms with Crippen LogP contribution in [0.2, 0.25) is 0 Å². The SMILES string of the molecule is CC(C)(C)OC(=O)N[C@H]1CCCC[N-]C1=O.[CH2-]C.[W+2]. The molecule has 0 aliphatic carbocycles. The molecule has 19 heavy (non-hydrogen) atoms. The number of alkyl carbamates (subject to hydrolysis) is 1. The Bertz CT molecular complexity index is 278. The fourth-order valence-electron chi connectivity index (χ4n) is 1.47. The Balaban J connectivity index is 0. The molecule has 2 amide bonds. The maximum absolute atomic E-state index is 11.5. The Morgan fingerprint density at radius 3 is 2.47 bits per heavy atom. The second-order valence-electron chi connectivity index (χ2n) is 4.91. The van der Waals surface area contributed by atoms with Crippen LogP contribution < -0.4 is 5.32 Å². The van der Waals surface area contributed by atoms with Crippen molar-refractivity contribution in [1.82, 2.24) is 5.32 Å². The Morgan fingerprint density at radius 1 is 1.37 bits per heavy atom. The van der Waals surface area contributed by atoms with Crippen molar-refractivity contribution in [2.45, 2.75) is 58.6 Å². The first-order chi connectivity index (χ1) is 8.38. The minimum Gasteiger partial charge on any atom is -0.652 e. The first-order valence-electron chi connectivity index (χ1n) is 6.30. The second kappa shape index (κ2) is 10.2. The Hall–Kier alpha value is -0.572.